The Hall–Kier alpha value is -0.310. The van der Waals surface area contributed by atoms with E-state index in [1.54, 1.807) is 0 Å². The molecule has 3 heteroatoms. The van der Waals surface area contributed by atoms with Crippen LogP contribution in [0.15, 0.2) is 11.1 Å². The highest BCUT2D eigenvalue weighted by atomic mass is 79.9. The predicted octanol–water partition coefficient (Wildman–Crippen LogP) is 2.58. The van der Waals surface area contributed by atoms with Crippen LogP contribution in [0.5, 0.6) is 0 Å². The lowest BCUT2D eigenvalue weighted by Crippen LogP contribution is -2.13. The van der Waals surface area contributed by atoms with Crippen molar-refractivity contribution in [2.75, 3.05) is 0 Å². The first-order valence-electron chi connectivity index (χ1n) is 4.04. The highest BCUT2D eigenvalue weighted by molar-refractivity contribution is 9.11. The molecule has 0 bridgehead atoms. The van der Waals surface area contributed by atoms with E-state index in [9.17, 15) is 4.79 Å². The number of amides is 1. The van der Waals surface area contributed by atoms with Crippen LogP contribution in [-0.2, 0) is 4.79 Å². The summed E-state index contributed by atoms with van der Waals surface area (Å²) >= 11 is 3.23. The lowest BCUT2D eigenvalue weighted by atomic mass is 9.87. The Morgan fingerprint density at radius 2 is 2.17 bits per heavy atom. The van der Waals surface area contributed by atoms with E-state index in [2.05, 4.69) is 35.9 Å². The van der Waals surface area contributed by atoms with Gasteiger partial charge in [-0.15, -0.1) is 0 Å². The predicted molar refractivity (Wildman–Crippen MR) is 54.9 cm³/mol. The molecule has 0 aromatic rings. The maximum atomic E-state index is 10.4. The van der Waals surface area contributed by atoms with Crippen molar-refractivity contribution in [3.63, 3.8) is 0 Å². The second-order valence-electron chi connectivity index (χ2n) is 3.60. The van der Waals surface area contributed by atoms with Gasteiger partial charge in [0.25, 0.3) is 0 Å². The fourth-order valence-electron chi connectivity index (χ4n) is 0.972. The van der Waals surface area contributed by atoms with E-state index in [0.29, 0.717) is 6.42 Å². The average molecular weight is 234 g/mol. The quantitative estimate of drug-likeness (QED) is 0.780. The molecule has 0 unspecified atom stereocenters. The van der Waals surface area contributed by atoms with Crippen molar-refractivity contribution >= 4 is 21.8 Å². The number of carbonyl (C=O) groups excluding carboxylic acids is 1. The monoisotopic (exact) mass is 233 g/mol. The summed E-state index contributed by atoms with van der Waals surface area (Å²) in [7, 11) is 0. The summed E-state index contributed by atoms with van der Waals surface area (Å²) in [6, 6.07) is 0. The summed E-state index contributed by atoms with van der Waals surface area (Å²) in [5.74, 6) is -0.214. The Balaban J connectivity index is 3.68. The lowest BCUT2D eigenvalue weighted by Gasteiger charge is -2.18. The van der Waals surface area contributed by atoms with Gasteiger partial charge in [-0.25, -0.2) is 0 Å². The van der Waals surface area contributed by atoms with E-state index < -0.39 is 0 Å². The topological polar surface area (TPSA) is 43.1 Å². The van der Waals surface area contributed by atoms with Crippen LogP contribution in [0.2, 0.25) is 0 Å². The molecule has 70 valence electrons. The van der Waals surface area contributed by atoms with Crippen LogP contribution >= 0.6 is 15.9 Å². The summed E-state index contributed by atoms with van der Waals surface area (Å²) in [5, 5.41) is 0. The van der Waals surface area contributed by atoms with Crippen LogP contribution < -0.4 is 5.73 Å². The standard InChI is InChI=1S/C9H16BrNO/c1-9(2,6-7-10)5-3-4-8(11)12/h6-7H,3-5H2,1-2H3,(H2,11,12)/b7-6+. The third-order valence-corrected chi connectivity index (χ3v) is 2.02. The smallest absolute Gasteiger partial charge is 0.217 e. The molecule has 2 N–H and O–H groups in total. The molecular formula is C9H16BrNO. The van der Waals surface area contributed by atoms with Gasteiger partial charge in [0.2, 0.25) is 5.91 Å². The molecule has 1 amide bonds. The molecule has 0 spiro atoms. The number of rotatable bonds is 5. The molecule has 0 aliphatic carbocycles. The maximum absolute atomic E-state index is 10.4. The fraction of sp³-hybridized carbons (Fsp3) is 0.667. The van der Waals surface area contributed by atoms with Gasteiger partial charge in [-0.2, -0.15) is 0 Å². The van der Waals surface area contributed by atoms with Crippen molar-refractivity contribution in [3.8, 4) is 0 Å². The van der Waals surface area contributed by atoms with Gasteiger partial charge < -0.3 is 5.73 Å². The largest absolute Gasteiger partial charge is 0.370 e. The first-order valence-corrected chi connectivity index (χ1v) is 4.96. The van der Waals surface area contributed by atoms with Gasteiger partial charge in [-0.1, -0.05) is 35.9 Å². The second kappa shape index (κ2) is 5.36. The average Bonchev–Trinajstić information content (AvgIpc) is 1.85. The number of halogens is 1. The molecule has 2 nitrogen and oxygen atoms in total. The SMILES string of the molecule is CC(C)(/C=C/Br)CCCC(N)=O. The van der Waals surface area contributed by atoms with Gasteiger partial charge in [0, 0.05) is 6.42 Å². The summed E-state index contributed by atoms with van der Waals surface area (Å²) in [5.41, 5.74) is 5.18. The van der Waals surface area contributed by atoms with Crippen LogP contribution in [-0.4, -0.2) is 5.91 Å². The van der Waals surface area contributed by atoms with Crippen LogP contribution in [0, 0.1) is 5.41 Å². The van der Waals surface area contributed by atoms with E-state index in [1.807, 2.05) is 4.99 Å². The van der Waals surface area contributed by atoms with Crippen molar-refractivity contribution in [3.05, 3.63) is 11.1 Å². The van der Waals surface area contributed by atoms with Gasteiger partial charge in [0.1, 0.15) is 0 Å². The molecule has 0 heterocycles. The summed E-state index contributed by atoms with van der Waals surface area (Å²) in [6.45, 7) is 4.26. The first kappa shape index (κ1) is 11.7. The minimum Gasteiger partial charge on any atom is -0.370 e. The third kappa shape index (κ3) is 6.40. The molecule has 0 atom stereocenters. The molecule has 0 aliphatic rings. The highest BCUT2D eigenvalue weighted by Crippen LogP contribution is 2.25. The molecule has 0 fully saturated rings. The highest BCUT2D eigenvalue weighted by Gasteiger charge is 2.12. The van der Waals surface area contributed by atoms with Crippen molar-refractivity contribution in [2.45, 2.75) is 33.1 Å². The zero-order chi connectivity index (χ0) is 9.61. The molecule has 0 aromatic carbocycles. The van der Waals surface area contributed by atoms with E-state index in [4.69, 9.17) is 5.73 Å². The van der Waals surface area contributed by atoms with Crippen LogP contribution in [0.3, 0.4) is 0 Å². The fourth-order valence-corrected chi connectivity index (χ4v) is 1.69. The summed E-state index contributed by atoms with van der Waals surface area (Å²) in [4.78, 5) is 12.3. The molecule has 0 radical (unpaired) electrons. The Kier molecular flexibility index (Phi) is 5.22. The minimum atomic E-state index is -0.214. The van der Waals surface area contributed by atoms with Crippen LogP contribution in [0.25, 0.3) is 0 Å². The minimum absolute atomic E-state index is 0.152. The number of hydrogen-bond donors (Lipinski definition) is 1. The molecular weight excluding hydrogens is 218 g/mol. The molecule has 0 aromatic heterocycles. The molecule has 0 aliphatic heterocycles. The van der Waals surface area contributed by atoms with Gasteiger partial charge in [0.15, 0.2) is 0 Å². The Labute approximate surface area is 82.3 Å². The van der Waals surface area contributed by atoms with E-state index in [-0.39, 0.29) is 11.3 Å². The van der Waals surface area contributed by atoms with Crippen LogP contribution in [0.1, 0.15) is 33.1 Å². The normalized spacial score (nSPS) is 12.2. The van der Waals surface area contributed by atoms with Crippen molar-refractivity contribution in [1.29, 1.82) is 0 Å². The number of hydrogen-bond acceptors (Lipinski definition) is 1. The first-order chi connectivity index (χ1) is 5.48. The maximum Gasteiger partial charge on any atom is 0.217 e. The van der Waals surface area contributed by atoms with E-state index in [1.165, 1.54) is 0 Å². The van der Waals surface area contributed by atoms with Crippen LogP contribution in [0.4, 0.5) is 0 Å². The molecule has 0 saturated heterocycles. The molecule has 12 heavy (non-hydrogen) atoms. The number of carbonyl (C=O) groups is 1. The van der Waals surface area contributed by atoms with Gasteiger partial charge >= 0.3 is 0 Å². The zero-order valence-corrected chi connectivity index (χ0v) is 9.23. The zero-order valence-electron chi connectivity index (χ0n) is 7.64. The molecule has 0 saturated carbocycles. The van der Waals surface area contributed by atoms with Crippen molar-refractivity contribution in [2.24, 2.45) is 11.1 Å². The summed E-state index contributed by atoms with van der Waals surface area (Å²) in [6.07, 6.45) is 4.41. The van der Waals surface area contributed by atoms with E-state index >= 15 is 0 Å². The Morgan fingerprint density at radius 3 is 2.58 bits per heavy atom. The van der Waals surface area contributed by atoms with Gasteiger partial charge in [-0.05, 0) is 23.2 Å². The number of allylic oxidation sites excluding steroid dienone is 1. The van der Waals surface area contributed by atoms with Gasteiger partial charge in [-0.3, -0.25) is 4.79 Å². The summed E-state index contributed by atoms with van der Waals surface area (Å²) < 4.78 is 0. The molecule has 0 rings (SSSR count). The Morgan fingerprint density at radius 1 is 1.58 bits per heavy atom. The van der Waals surface area contributed by atoms with Crippen molar-refractivity contribution in [1.82, 2.24) is 0 Å². The van der Waals surface area contributed by atoms with Crippen molar-refractivity contribution < 1.29 is 4.79 Å². The van der Waals surface area contributed by atoms with Gasteiger partial charge in [0.05, 0.1) is 0 Å². The Bertz CT molecular complexity index is 175. The lowest BCUT2D eigenvalue weighted by molar-refractivity contribution is -0.118. The second-order valence-corrected chi connectivity index (χ2v) is 4.13. The number of primary amides is 1. The third-order valence-electron chi connectivity index (χ3n) is 1.76. The number of nitrogens with two attached hydrogens (primary N) is 1. The van der Waals surface area contributed by atoms with E-state index in [0.717, 1.165) is 12.8 Å².